The van der Waals surface area contributed by atoms with Crippen molar-refractivity contribution in [3.63, 3.8) is 0 Å². The Labute approximate surface area is 152 Å². The number of carboxylic acids is 1. The predicted octanol–water partition coefficient (Wildman–Crippen LogP) is -1.70. The molecule has 118 valence electrons. The minimum absolute atomic E-state index is 0. The van der Waals surface area contributed by atoms with Crippen molar-refractivity contribution in [3.05, 3.63) is 35.1 Å². The van der Waals surface area contributed by atoms with Gasteiger partial charge in [0, 0.05) is 42.0 Å². The average Bonchev–Trinajstić information content (AvgIpc) is 2.53. The average molecular weight is 335 g/mol. The first-order chi connectivity index (χ1) is 10.3. The number of carbonyl (C=O) groups excluding carboxylic acids is 2. The number of hydrogen-bond donors (Lipinski definition) is 0. The molecule has 0 aromatic heterocycles. The molecule has 2 aliphatic rings. The van der Waals surface area contributed by atoms with Gasteiger partial charge in [-0.25, -0.2) is 13.2 Å². The van der Waals surface area contributed by atoms with Gasteiger partial charge in [0.15, 0.2) is 0 Å². The molecular weight excluding hydrogens is 322 g/mol. The summed E-state index contributed by atoms with van der Waals surface area (Å²) in [6.07, 6.45) is -0.275. The fraction of sp³-hybridized carbons (Fsp3) is 0.467. The zero-order valence-electron chi connectivity index (χ0n) is 12.5. The minimum atomic E-state index is -3.33. The molecule has 0 N–H and O–H groups in total. The van der Waals surface area contributed by atoms with E-state index in [2.05, 4.69) is 0 Å². The van der Waals surface area contributed by atoms with E-state index in [-0.39, 0.29) is 54.5 Å². The SMILES string of the molecule is O=C([O-])[C@@H]1CC[C@H]2CC(F)(F)c3cc(F)ccc3C(=O)N2C1.[Na+]. The van der Waals surface area contributed by atoms with Crippen molar-refractivity contribution in [1.82, 2.24) is 4.90 Å². The van der Waals surface area contributed by atoms with E-state index in [0.29, 0.717) is 6.07 Å². The molecule has 0 radical (unpaired) electrons. The van der Waals surface area contributed by atoms with Gasteiger partial charge in [0.2, 0.25) is 0 Å². The monoisotopic (exact) mass is 335 g/mol. The number of halogens is 3. The van der Waals surface area contributed by atoms with Crippen LogP contribution in [0.3, 0.4) is 0 Å². The number of nitrogens with zero attached hydrogens (tertiary/aromatic N) is 1. The van der Waals surface area contributed by atoms with E-state index in [1.54, 1.807) is 0 Å². The summed E-state index contributed by atoms with van der Waals surface area (Å²) in [5, 5.41) is 11.0. The zero-order valence-corrected chi connectivity index (χ0v) is 14.5. The fourth-order valence-corrected chi connectivity index (χ4v) is 3.25. The Kier molecular flexibility index (Phi) is 5.13. The summed E-state index contributed by atoms with van der Waals surface area (Å²) in [5.41, 5.74) is -0.898. The van der Waals surface area contributed by atoms with Crippen LogP contribution in [0.2, 0.25) is 0 Å². The molecule has 1 saturated heterocycles. The number of fused-ring (bicyclic) bond motifs is 2. The van der Waals surface area contributed by atoms with E-state index >= 15 is 0 Å². The molecule has 8 heteroatoms. The molecule has 2 aliphatic heterocycles. The Morgan fingerprint density at radius 3 is 2.65 bits per heavy atom. The molecule has 1 aromatic rings. The molecule has 0 saturated carbocycles. The van der Waals surface area contributed by atoms with Crippen LogP contribution in [0.15, 0.2) is 18.2 Å². The number of carbonyl (C=O) groups is 2. The maximum absolute atomic E-state index is 14.4. The van der Waals surface area contributed by atoms with Crippen molar-refractivity contribution in [2.24, 2.45) is 5.92 Å². The summed E-state index contributed by atoms with van der Waals surface area (Å²) in [7, 11) is 0. The van der Waals surface area contributed by atoms with Crippen molar-refractivity contribution in [1.29, 1.82) is 0 Å². The minimum Gasteiger partial charge on any atom is -0.550 e. The Balaban J connectivity index is 0.00000192. The molecule has 4 nitrogen and oxygen atoms in total. The molecular formula is C15H13F3NNaO3. The van der Waals surface area contributed by atoms with Gasteiger partial charge in [-0.15, -0.1) is 0 Å². The maximum Gasteiger partial charge on any atom is 1.00 e. The van der Waals surface area contributed by atoms with Crippen molar-refractivity contribution < 1.29 is 57.4 Å². The van der Waals surface area contributed by atoms with Crippen LogP contribution in [0, 0.1) is 11.7 Å². The molecule has 3 rings (SSSR count). The smallest absolute Gasteiger partial charge is 0.550 e. The third kappa shape index (κ3) is 3.27. The number of alkyl halides is 2. The van der Waals surface area contributed by atoms with Crippen LogP contribution in [0.1, 0.15) is 35.2 Å². The topological polar surface area (TPSA) is 60.4 Å². The van der Waals surface area contributed by atoms with E-state index in [0.717, 1.165) is 12.1 Å². The van der Waals surface area contributed by atoms with Crippen LogP contribution in [0.4, 0.5) is 13.2 Å². The van der Waals surface area contributed by atoms with E-state index in [1.807, 2.05) is 0 Å². The normalized spacial score (nSPS) is 25.7. The first-order valence-electron chi connectivity index (χ1n) is 6.99. The van der Waals surface area contributed by atoms with Gasteiger partial charge in [0.05, 0.1) is 0 Å². The number of carboxylic acid groups (broad SMARTS) is 1. The van der Waals surface area contributed by atoms with Gasteiger partial charge in [-0.05, 0) is 31.0 Å². The third-order valence-electron chi connectivity index (χ3n) is 4.40. The number of piperidine rings is 1. The number of benzene rings is 1. The van der Waals surface area contributed by atoms with Crippen LogP contribution < -0.4 is 34.7 Å². The molecule has 1 fully saturated rings. The first kappa shape index (κ1) is 18.3. The van der Waals surface area contributed by atoms with Crippen molar-refractivity contribution in [3.8, 4) is 0 Å². The van der Waals surface area contributed by atoms with Crippen molar-refractivity contribution >= 4 is 11.9 Å². The summed E-state index contributed by atoms with van der Waals surface area (Å²) in [5.74, 6) is -7.00. The van der Waals surface area contributed by atoms with Crippen LogP contribution in [-0.4, -0.2) is 29.4 Å². The molecule has 0 aliphatic carbocycles. The number of amides is 1. The molecule has 0 unspecified atom stereocenters. The van der Waals surface area contributed by atoms with E-state index < -0.39 is 47.6 Å². The van der Waals surface area contributed by atoms with Gasteiger partial charge < -0.3 is 14.8 Å². The summed E-state index contributed by atoms with van der Waals surface area (Å²) in [6, 6.07) is 1.91. The van der Waals surface area contributed by atoms with Crippen LogP contribution in [-0.2, 0) is 10.7 Å². The summed E-state index contributed by atoms with van der Waals surface area (Å²) in [4.78, 5) is 24.7. The van der Waals surface area contributed by atoms with Gasteiger partial charge in [-0.3, -0.25) is 4.79 Å². The Hall–Kier alpha value is -1.05. The second-order valence-electron chi connectivity index (χ2n) is 5.80. The van der Waals surface area contributed by atoms with Gasteiger partial charge in [-0.2, -0.15) is 0 Å². The predicted molar refractivity (Wildman–Crippen MR) is 67.5 cm³/mol. The molecule has 2 atom stereocenters. The van der Waals surface area contributed by atoms with Crippen molar-refractivity contribution in [2.45, 2.75) is 31.2 Å². The van der Waals surface area contributed by atoms with Gasteiger partial charge in [0.25, 0.3) is 11.8 Å². The van der Waals surface area contributed by atoms with E-state index in [9.17, 15) is 27.9 Å². The maximum atomic E-state index is 14.4. The number of rotatable bonds is 1. The summed E-state index contributed by atoms with van der Waals surface area (Å²) >= 11 is 0. The fourth-order valence-electron chi connectivity index (χ4n) is 3.25. The van der Waals surface area contributed by atoms with Crippen molar-refractivity contribution in [2.75, 3.05) is 6.54 Å². The molecule has 23 heavy (non-hydrogen) atoms. The van der Waals surface area contributed by atoms with Crippen LogP contribution in [0.25, 0.3) is 0 Å². The summed E-state index contributed by atoms with van der Waals surface area (Å²) < 4.78 is 42.0. The number of aliphatic carboxylic acids is 1. The van der Waals surface area contributed by atoms with Gasteiger partial charge >= 0.3 is 29.6 Å². The van der Waals surface area contributed by atoms with Gasteiger partial charge in [0.1, 0.15) is 5.82 Å². The largest absolute Gasteiger partial charge is 1.00 e. The standard InChI is InChI=1S/C15H14F3NO3.Na/c16-9-2-4-11-12(5-9)15(17,18)6-10-3-1-8(14(21)22)7-19(10)13(11)20;/h2,4-5,8,10H,1,3,6-7H2,(H,21,22);/q;+1/p-1/t8-,10+;/m1./s1. The molecule has 0 bridgehead atoms. The van der Waals surface area contributed by atoms with Crippen LogP contribution in [0.5, 0.6) is 0 Å². The molecule has 2 heterocycles. The molecule has 0 spiro atoms. The van der Waals surface area contributed by atoms with E-state index in [4.69, 9.17) is 0 Å². The zero-order chi connectivity index (χ0) is 16.1. The van der Waals surface area contributed by atoms with Crippen LogP contribution >= 0.6 is 0 Å². The Morgan fingerprint density at radius 2 is 2.00 bits per heavy atom. The third-order valence-corrected chi connectivity index (χ3v) is 4.40. The number of hydrogen-bond acceptors (Lipinski definition) is 3. The molecule has 1 aromatic carbocycles. The van der Waals surface area contributed by atoms with Gasteiger partial charge in [-0.1, -0.05) is 0 Å². The Bertz CT molecular complexity index is 653. The van der Waals surface area contributed by atoms with E-state index in [1.165, 1.54) is 4.90 Å². The summed E-state index contributed by atoms with van der Waals surface area (Å²) in [6.45, 7) is -0.154. The second-order valence-corrected chi connectivity index (χ2v) is 5.80. The second kappa shape index (κ2) is 6.45. The molecule has 1 amide bonds. The quantitative estimate of drug-likeness (QED) is 0.575. The first-order valence-corrected chi connectivity index (χ1v) is 6.99. The Morgan fingerprint density at radius 1 is 1.30 bits per heavy atom.